The number of carbonyl (C=O) groups is 1. The van der Waals surface area contributed by atoms with Gasteiger partial charge in [-0.2, -0.15) is 0 Å². The Hall–Kier alpha value is -3.84. The summed E-state index contributed by atoms with van der Waals surface area (Å²) in [4.78, 5) is 31.0. The number of methoxy groups -OCH3 is 1. The van der Waals surface area contributed by atoms with Crippen LogP contribution in [0.4, 0.5) is 0 Å². The number of thioether (sulfide) groups is 1. The first kappa shape index (κ1) is 24.3. The summed E-state index contributed by atoms with van der Waals surface area (Å²) in [6.07, 6.45) is 1.80. The van der Waals surface area contributed by atoms with E-state index in [0.717, 1.165) is 11.1 Å². The van der Waals surface area contributed by atoms with E-state index in [1.54, 1.807) is 36.0 Å². The molecule has 35 heavy (non-hydrogen) atoms. The van der Waals surface area contributed by atoms with Crippen LogP contribution in [0.3, 0.4) is 0 Å². The number of ether oxygens (including phenoxy) is 1. The first-order valence-corrected chi connectivity index (χ1v) is 12.2. The highest BCUT2D eigenvalue weighted by molar-refractivity contribution is 7.98. The van der Waals surface area contributed by atoms with Gasteiger partial charge in [-0.05, 0) is 55.3 Å². The quantitative estimate of drug-likeness (QED) is 0.265. The highest BCUT2D eigenvalue weighted by atomic mass is 32.2. The fourth-order valence-electron chi connectivity index (χ4n) is 3.62. The second-order valence-electron chi connectivity index (χ2n) is 8.33. The summed E-state index contributed by atoms with van der Waals surface area (Å²) in [5.74, 6) is 1.07. The zero-order valence-electron chi connectivity index (χ0n) is 19.9. The Bertz CT molecular complexity index is 1440. The molecule has 0 bridgehead atoms. The van der Waals surface area contributed by atoms with E-state index in [2.05, 4.69) is 11.9 Å². The summed E-state index contributed by atoms with van der Waals surface area (Å²) in [7, 11) is 1.59. The average Bonchev–Trinajstić information content (AvgIpc) is 2.87. The Balaban J connectivity index is 1.82. The van der Waals surface area contributed by atoms with Crippen LogP contribution in [0.5, 0.6) is 5.75 Å². The van der Waals surface area contributed by atoms with Crippen molar-refractivity contribution in [2.45, 2.75) is 30.8 Å². The van der Waals surface area contributed by atoms with E-state index in [9.17, 15) is 9.59 Å². The molecule has 4 rings (SSSR count). The van der Waals surface area contributed by atoms with Crippen molar-refractivity contribution in [3.8, 4) is 11.4 Å². The van der Waals surface area contributed by atoms with Crippen molar-refractivity contribution in [3.63, 3.8) is 0 Å². The maximum atomic E-state index is 13.7. The van der Waals surface area contributed by atoms with Gasteiger partial charge in [0.25, 0.3) is 11.5 Å². The summed E-state index contributed by atoms with van der Waals surface area (Å²) in [6, 6.07) is 20.4. The summed E-state index contributed by atoms with van der Waals surface area (Å²) < 4.78 is 6.97. The number of nitrogens with one attached hydrogen (secondary N) is 1. The fraction of sp³-hybridized carbons (Fsp3) is 0.179. The van der Waals surface area contributed by atoms with Crippen LogP contribution < -0.4 is 15.6 Å². The molecule has 0 fully saturated rings. The van der Waals surface area contributed by atoms with Crippen molar-refractivity contribution < 1.29 is 9.53 Å². The average molecular weight is 486 g/mol. The van der Waals surface area contributed by atoms with Crippen LogP contribution in [0.15, 0.2) is 83.3 Å². The maximum Gasteiger partial charge on any atom is 0.266 e. The van der Waals surface area contributed by atoms with Gasteiger partial charge in [-0.25, -0.2) is 4.98 Å². The molecule has 1 aromatic heterocycles. The van der Waals surface area contributed by atoms with E-state index in [1.807, 2.05) is 62.4 Å². The number of carbonyl (C=O) groups excluding carboxylic acids is 1. The SMILES string of the molecule is C=Cc1ccc(CSc2nc3cc(C(=O)NC(C)C)ccc3c(=O)n2-c2cccc(OC)c2)cc1. The molecule has 1 N–H and O–H groups in total. The Morgan fingerprint density at radius 3 is 2.60 bits per heavy atom. The fourth-order valence-corrected chi connectivity index (χ4v) is 4.59. The van der Waals surface area contributed by atoms with E-state index in [4.69, 9.17) is 9.72 Å². The molecule has 7 heteroatoms. The number of nitrogens with zero attached hydrogens (tertiary/aromatic N) is 2. The predicted octanol–water partition coefficient (Wildman–Crippen LogP) is 5.47. The third-order valence-electron chi connectivity index (χ3n) is 5.42. The zero-order valence-corrected chi connectivity index (χ0v) is 20.8. The van der Waals surface area contributed by atoms with Crippen LogP contribution in [0.25, 0.3) is 22.7 Å². The molecule has 0 saturated heterocycles. The summed E-state index contributed by atoms with van der Waals surface area (Å²) in [5.41, 5.74) is 3.54. The lowest BCUT2D eigenvalue weighted by molar-refractivity contribution is 0.0943. The third kappa shape index (κ3) is 5.46. The Morgan fingerprint density at radius 2 is 1.91 bits per heavy atom. The zero-order chi connectivity index (χ0) is 24.9. The normalized spacial score (nSPS) is 11.0. The number of amides is 1. The Morgan fingerprint density at radius 1 is 1.14 bits per heavy atom. The van der Waals surface area contributed by atoms with Gasteiger partial charge in [0.15, 0.2) is 5.16 Å². The summed E-state index contributed by atoms with van der Waals surface area (Å²) in [5, 5.41) is 3.85. The highest BCUT2D eigenvalue weighted by Gasteiger charge is 2.16. The van der Waals surface area contributed by atoms with Crippen molar-refractivity contribution in [3.05, 3.63) is 100 Å². The standard InChI is InChI=1S/C28H27N3O3S/c1-5-19-9-11-20(12-10-19)17-35-28-30-25-15-21(26(32)29-18(2)3)13-14-24(25)27(33)31(28)22-7-6-8-23(16-22)34-4/h5-16,18H,1,17H2,2-4H3,(H,29,32). The molecular formula is C28H27N3O3S. The molecule has 1 heterocycles. The number of hydrogen-bond acceptors (Lipinski definition) is 5. The molecule has 0 spiro atoms. The number of benzene rings is 3. The van der Waals surface area contributed by atoms with E-state index >= 15 is 0 Å². The van der Waals surface area contributed by atoms with Gasteiger partial charge in [0.2, 0.25) is 0 Å². The van der Waals surface area contributed by atoms with Gasteiger partial charge in [-0.15, -0.1) is 0 Å². The van der Waals surface area contributed by atoms with E-state index in [1.165, 1.54) is 11.8 Å². The molecule has 0 saturated carbocycles. The smallest absolute Gasteiger partial charge is 0.266 e. The molecule has 0 aliphatic rings. The first-order chi connectivity index (χ1) is 16.9. The second-order valence-corrected chi connectivity index (χ2v) is 9.27. The number of fused-ring (bicyclic) bond motifs is 1. The number of rotatable bonds is 8. The van der Waals surface area contributed by atoms with E-state index in [0.29, 0.717) is 38.8 Å². The molecule has 0 aliphatic carbocycles. The third-order valence-corrected chi connectivity index (χ3v) is 6.43. The second kappa shape index (κ2) is 10.6. The van der Waals surface area contributed by atoms with Gasteiger partial charge < -0.3 is 10.1 Å². The Labute approximate surface area is 208 Å². The molecule has 178 valence electrons. The molecule has 0 radical (unpaired) electrons. The highest BCUT2D eigenvalue weighted by Crippen LogP contribution is 2.26. The lowest BCUT2D eigenvalue weighted by Gasteiger charge is -2.15. The van der Waals surface area contributed by atoms with E-state index < -0.39 is 0 Å². The molecule has 0 unspecified atom stereocenters. The molecule has 0 atom stereocenters. The van der Waals surface area contributed by atoms with E-state index in [-0.39, 0.29) is 17.5 Å². The van der Waals surface area contributed by atoms with Crippen molar-refractivity contribution in [1.29, 1.82) is 0 Å². The summed E-state index contributed by atoms with van der Waals surface area (Å²) >= 11 is 1.46. The minimum atomic E-state index is -0.205. The molecular weight excluding hydrogens is 458 g/mol. The maximum absolute atomic E-state index is 13.7. The minimum Gasteiger partial charge on any atom is -0.497 e. The largest absolute Gasteiger partial charge is 0.497 e. The van der Waals surface area contributed by atoms with Crippen LogP contribution >= 0.6 is 11.8 Å². The van der Waals surface area contributed by atoms with Gasteiger partial charge in [-0.3, -0.25) is 14.2 Å². The van der Waals surface area contributed by atoms with Crippen molar-refractivity contribution in [2.75, 3.05) is 7.11 Å². The molecule has 6 nitrogen and oxygen atoms in total. The lowest BCUT2D eigenvalue weighted by atomic mass is 10.1. The number of hydrogen-bond donors (Lipinski definition) is 1. The van der Waals surface area contributed by atoms with Crippen LogP contribution in [0, 0.1) is 0 Å². The number of aromatic nitrogens is 2. The lowest BCUT2D eigenvalue weighted by Crippen LogP contribution is -2.30. The molecule has 4 aromatic rings. The Kier molecular flexibility index (Phi) is 7.36. The minimum absolute atomic E-state index is 0.00538. The van der Waals surface area contributed by atoms with Gasteiger partial charge in [-0.1, -0.05) is 54.7 Å². The van der Waals surface area contributed by atoms with Crippen molar-refractivity contribution in [2.24, 2.45) is 0 Å². The van der Waals surface area contributed by atoms with Gasteiger partial charge >= 0.3 is 0 Å². The van der Waals surface area contributed by atoms with Gasteiger partial charge in [0.05, 0.1) is 23.7 Å². The first-order valence-electron chi connectivity index (χ1n) is 11.3. The topological polar surface area (TPSA) is 73.2 Å². The summed E-state index contributed by atoms with van der Waals surface area (Å²) in [6.45, 7) is 7.60. The van der Waals surface area contributed by atoms with Crippen LogP contribution in [0.1, 0.15) is 35.3 Å². The van der Waals surface area contributed by atoms with Crippen molar-refractivity contribution in [1.82, 2.24) is 14.9 Å². The predicted molar refractivity (Wildman–Crippen MR) is 143 cm³/mol. The molecule has 3 aromatic carbocycles. The van der Waals surface area contributed by atoms with Crippen LogP contribution in [-0.2, 0) is 5.75 Å². The molecule has 0 aliphatic heterocycles. The van der Waals surface area contributed by atoms with Crippen LogP contribution in [0.2, 0.25) is 0 Å². The van der Waals surface area contributed by atoms with Gasteiger partial charge in [0.1, 0.15) is 5.75 Å². The monoisotopic (exact) mass is 485 g/mol. The molecule has 1 amide bonds. The van der Waals surface area contributed by atoms with Gasteiger partial charge in [0, 0.05) is 23.4 Å². The van der Waals surface area contributed by atoms with Crippen LogP contribution in [-0.4, -0.2) is 28.6 Å². The van der Waals surface area contributed by atoms with Crippen molar-refractivity contribution >= 4 is 34.6 Å².